The smallest absolute Gasteiger partial charge is 0.270 e. The lowest BCUT2D eigenvalue weighted by Crippen LogP contribution is -2.27. The van der Waals surface area contributed by atoms with Gasteiger partial charge in [0, 0.05) is 17.1 Å². The molecular formula is C17H17BrN4O2. The van der Waals surface area contributed by atoms with Crippen molar-refractivity contribution in [3.8, 4) is 0 Å². The molecule has 1 aliphatic carbocycles. The van der Waals surface area contributed by atoms with Crippen LogP contribution in [0.25, 0.3) is 11.1 Å². The predicted molar refractivity (Wildman–Crippen MR) is 92.7 cm³/mol. The Morgan fingerprint density at radius 3 is 3.04 bits per heavy atom. The zero-order valence-electron chi connectivity index (χ0n) is 13.3. The van der Waals surface area contributed by atoms with Crippen LogP contribution in [0.4, 0.5) is 0 Å². The van der Waals surface area contributed by atoms with Gasteiger partial charge >= 0.3 is 0 Å². The molecule has 1 N–H and O–H groups in total. The molecule has 0 atom stereocenters. The number of hydrogen-bond acceptors (Lipinski definition) is 4. The number of aryl methyl sites for hydroxylation is 1. The zero-order valence-corrected chi connectivity index (χ0v) is 14.8. The van der Waals surface area contributed by atoms with Crippen molar-refractivity contribution in [2.75, 3.05) is 0 Å². The van der Waals surface area contributed by atoms with Crippen molar-refractivity contribution in [3.63, 3.8) is 0 Å². The largest absolute Gasteiger partial charge is 0.439 e. The molecule has 0 aliphatic heterocycles. The van der Waals surface area contributed by atoms with Gasteiger partial charge in [-0.25, -0.2) is 4.98 Å². The van der Waals surface area contributed by atoms with Crippen molar-refractivity contribution in [1.29, 1.82) is 0 Å². The summed E-state index contributed by atoms with van der Waals surface area (Å²) in [6, 6.07) is 5.65. The molecule has 124 valence electrons. The lowest BCUT2D eigenvalue weighted by Gasteiger charge is -2.25. The third-order valence-corrected chi connectivity index (χ3v) is 5.02. The molecule has 0 saturated heterocycles. The first-order chi connectivity index (χ1) is 11.6. The Balaban J connectivity index is 1.51. The molecule has 0 spiro atoms. The second-order valence-corrected chi connectivity index (χ2v) is 7.02. The predicted octanol–water partition coefficient (Wildman–Crippen LogP) is 3.52. The molecule has 0 unspecified atom stereocenters. The molecule has 2 heterocycles. The van der Waals surface area contributed by atoms with Crippen LogP contribution in [0.15, 0.2) is 33.3 Å². The number of benzene rings is 1. The number of fused-ring (bicyclic) bond motifs is 1. The summed E-state index contributed by atoms with van der Waals surface area (Å²) in [5.74, 6) is 0.810. The number of nitrogens with zero attached hydrogens (tertiary/aromatic N) is 3. The maximum atomic E-state index is 12.6. The van der Waals surface area contributed by atoms with Crippen molar-refractivity contribution in [3.05, 3.63) is 46.0 Å². The molecule has 24 heavy (non-hydrogen) atoms. The van der Waals surface area contributed by atoms with Gasteiger partial charge in [-0.05, 0) is 37.0 Å². The number of amides is 1. The van der Waals surface area contributed by atoms with E-state index in [4.69, 9.17) is 4.42 Å². The average molecular weight is 389 g/mol. The van der Waals surface area contributed by atoms with Gasteiger partial charge in [0.05, 0.1) is 12.7 Å². The molecule has 3 aromatic rings. The molecule has 1 aliphatic rings. The van der Waals surface area contributed by atoms with Crippen molar-refractivity contribution >= 4 is 32.9 Å². The van der Waals surface area contributed by atoms with Gasteiger partial charge in [-0.3, -0.25) is 9.48 Å². The summed E-state index contributed by atoms with van der Waals surface area (Å²) in [6.07, 6.45) is 5.30. The molecule has 0 radical (unpaired) electrons. The van der Waals surface area contributed by atoms with Gasteiger partial charge in [0.1, 0.15) is 11.2 Å². The van der Waals surface area contributed by atoms with Gasteiger partial charge in [0.2, 0.25) is 5.89 Å². The quantitative estimate of drug-likeness (QED) is 0.741. The van der Waals surface area contributed by atoms with Crippen LogP contribution in [0.3, 0.4) is 0 Å². The number of rotatable bonds is 4. The normalized spacial score (nSPS) is 14.8. The minimum atomic E-state index is -0.139. The fourth-order valence-corrected chi connectivity index (χ4v) is 3.35. The van der Waals surface area contributed by atoms with E-state index in [9.17, 15) is 4.79 Å². The highest BCUT2D eigenvalue weighted by Crippen LogP contribution is 2.37. The van der Waals surface area contributed by atoms with E-state index in [-0.39, 0.29) is 12.5 Å². The van der Waals surface area contributed by atoms with E-state index in [1.54, 1.807) is 11.7 Å². The highest BCUT2D eigenvalue weighted by Gasteiger charge is 2.27. The highest BCUT2D eigenvalue weighted by atomic mass is 79.9. The van der Waals surface area contributed by atoms with Crippen LogP contribution in [0, 0.1) is 0 Å². The van der Waals surface area contributed by atoms with E-state index in [1.165, 1.54) is 6.42 Å². The Morgan fingerprint density at radius 1 is 1.46 bits per heavy atom. The van der Waals surface area contributed by atoms with E-state index in [2.05, 4.69) is 31.3 Å². The van der Waals surface area contributed by atoms with Crippen LogP contribution in [0.5, 0.6) is 0 Å². The van der Waals surface area contributed by atoms with E-state index in [0.29, 0.717) is 23.1 Å². The molecule has 6 nitrogen and oxygen atoms in total. The second-order valence-electron chi connectivity index (χ2n) is 6.10. The number of oxazole rings is 1. The second kappa shape index (κ2) is 6.05. The van der Waals surface area contributed by atoms with Crippen LogP contribution in [0.1, 0.15) is 47.1 Å². The first-order valence-corrected chi connectivity index (χ1v) is 8.76. The van der Waals surface area contributed by atoms with Gasteiger partial charge < -0.3 is 9.73 Å². The van der Waals surface area contributed by atoms with Gasteiger partial charge in [-0.15, -0.1) is 0 Å². The van der Waals surface area contributed by atoms with Crippen molar-refractivity contribution in [1.82, 2.24) is 20.1 Å². The van der Waals surface area contributed by atoms with E-state index < -0.39 is 0 Å². The maximum Gasteiger partial charge on any atom is 0.270 e. The average Bonchev–Trinajstić information content (AvgIpc) is 3.06. The first kappa shape index (κ1) is 15.4. The van der Waals surface area contributed by atoms with E-state index >= 15 is 0 Å². The minimum absolute atomic E-state index is 0.139. The summed E-state index contributed by atoms with van der Waals surface area (Å²) >= 11 is 3.40. The first-order valence-electron chi connectivity index (χ1n) is 7.97. The molecule has 1 saturated carbocycles. The Bertz CT molecular complexity index is 911. The molecule has 4 rings (SSSR count). The van der Waals surface area contributed by atoms with Crippen LogP contribution in [-0.2, 0) is 13.6 Å². The lowest BCUT2D eigenvalue weighted by atomic mass is 9.80. The van der Waals surface area contributed by atoms with Gasteiger partial charge in [-0.1, -0.05) is 22.4 Å². The summed E-state index contributed by atoms with van der Waals surface area (Å²) in [6.45, 7) is 0.250. The fraction of sp³-hybridized carbons (Fsp3) is 0.353. The molecular weight excluding hydrogens is 372 g/mol. The van der Waals surface area contributed by atoms with E-state index in [1.807, 2.05) is 24.4 Å². The number of nitrogens with one attached hydrogen (secondary N) is 1. The Kier molecular flexibility index (Phi) is 3.88. The summed E-state index contributed by atoms with van der Waals surface area (Å²) in [7, 11) is 1.80. The molecule has 1 fully saturated rings. The number of carbonyl (C=O) groups excluding carboxylic acids is 1. The maximum absolute atomic E-state index is 12.6. The molecule has 1 amide bonds. The van der Waals surface area contributed by atoms with E-state index in [0.717, 1.165) is 28.4 Å². The number of halogens is 1. The number of aromatic nitrogens is 3. The highest BCUT2D eigenvalue weighted by molar-refractivity contribution is 9.10. The fourth-order valence-electron chi connectivity index (χ4n) is 3.01. The van der Waals surface area contributed by atoms with Gasteiger partial charge in [-0.2, -0.15) is 5.10 Å². The van der Waals surface area contributed by atoms with Crippen LogP contribution < -0.4 is 5.32 Å². The topological polar surface area (TPSA) is 73.0 Å². The summed E-state index contributed by atoms with van der Waals surface area (Å²) in [4.78, 5) is 17.0. The molecule has 1 aromatic carbocycles. The van der Waals surface area contributed by atoms with Gasteiger partial charge in [0.15, 0.2) is 5.58 Å². The molecule has 0 bridgehead atoms. The standard InChI is InChI=1S/C17H17BrN4O2/c1-22-16(12(8-20-22)10-3-2-4-10)17(23)19-9-15-21-13-6-5-11(18)7-14(13)24-15/h5-8,10H,2-4,9H2,1H3,(H,19,23). The summed E-state index contributed by atoms with van der Waals surface area (Å²) in [5, 5.41) is 7.15. The third-order valence-electron chi connectivity index (χ3n) is 4.52. The van der Waals surface area contributed by atoms with Crippen LogP contribution in [0.2, 0.25) is 0 Å². The van der Waals surface area contributed by atoms with Crippen LogP contribution >= 0.6 is 15.9 Å². The number of hydrogen-bond donors (Lipinski definition) is 1. The lowest BCUT2D eigenvalue weighted by molar-refractivity contribution is 0.0936. The minimum Gasteiger partial charge on any atom is -0.439 e. The Hall–Kier alpha value is -2.15. The molecule has 2 aromatic heterocycles. The zero-order chi connectivity index (χ0) is 16.7. The Labute approximate surface area is 147 Å². The summed E-state index contributed by atoms with van der Waals surface area (Å²) < 4.78 is 8.26. The third kappa shape index (κ3) is 2.73. The number of carbonyl (C=O) groups is 1. The summed E-state index contributed by atoms with van der Waals surface area (Å²) in [5.41, 5.74) is 3.16. The monoisotopic (exact) mass is 388 g/mol. The van der Waals surface area contributed by atoms with Gasteiger partial charge in [0.25, 0.3) is 5.91 Å². The van der Waals surface area contributed by atoms with Crippen molar-refractivity contribution < 1.29 is 9.21 Å². The Morgan fingerprint density at radius 2 is 2.29 bits per heavy atom. The van der Waals surface area contributed by atoms with Crippen LogP contribution in [-0.4, -0.2) is 20.7 Å². The van der Waals surface area contributed by atoms with Crippen molar-refractivity contribution in [2.24, 2.45) is 7.05 Å². The molecule has 7 heteroatoms. The van der Waals surface area contributed by atoms with Crippen molar-refractivity contribution in [2.45, 2.75) is 31.7 Å². The SMILES string of the molecule is Cn1ncc(C2CCC2)c1C(=O)NCc1nc2ccc(Br)cc2o1.